The van der Waals surface area contributed by atoms with Crippen molar-refractivity contribution < 1.29 is 9.47 Å². The summed E-state index contributed by atoms with van der Waals surface area (Å²) in [5.74, 6) is 1.12. The first-order valence-corrected chi connectivity index (χ1v) is 11.4. The first-order valence-electron chi connectivity index (χ1n) is 10.2. The summed E-state index contributed by atoms with van der Waals surface area (Å²) in [4.78, 5) is 0. The van der Waals surface area contributed by atoms with E-state index in [9.17, 15) is 5.26 Å². The smallest absolute Gasteiger partial charge is 0.171 e. The van der Waals surface area contributed by atoms with Crippen LogP contribution in [0.5, 0.6) is 11.5 Å². The molecule has 0 saturated heterocycles. The Labute approximate surface area is 204 Å². The molecule has 1 aliphatic heterocycles. The summed E-state index contributed by atoms with van der Waals surface area (Å²) in [5, 5.41) is 17.8. The average Bonchev–Trinajstić information content (AvgIpc) is 2.73. The molecule has 8 heteroatoms. The lowest BCUT2D eigenvalue weighted by molar-refractivity contribution is 0.269. The fourth-order valence-corrected chi connectivity index (χ4v) is 4.16. The normalized spacial score (nSPS) is 16.2. The highest BCUT2D eigenvalue weighted by Gasteiger charge is 2.32. The highest BCUT2D eigenvalue weighted by Crippen LogP contribution is 2.38. The van der Waals surface area contributed by atoms with Gasteiger partial charge in [0, 0.05) is 26.7 Å². The minimum Gasteiger partial charge on any atom is -0.490 e. The van der Waals surface area contributed by atoms with Gasteiger partial charge < -0.3 is 20.1 Å². The fraction of sp³-hybridized carbons (Fsp3) is 0.333. The average molecular weight is 490 g/mol. The van der Waals surface area contributed by atoms with Gasteiger partial charge in [-0.2, -0.15) is 5.26 Å². The molecule has 0 aliphatic carbocycles. The number of benzene rings is 2. The van der Waals surface area contributed by atoms with Crippen molar-refractivity contribution in [3.05, 3.63) is 68.8 Å². The summed E-state index contributed by atoms with van der Waals surface area (Å²) in [5.41, 5.74) is 2.68. The standard InChI is InChI=1S/C24H25Cl2N3O2S/c1-5-30-20-11-14(21-15(12-27)22(24(2,3)4)29-23(32)28-21)9-10-19(20)31-13-16-17(25)7-6-8-18(16)26/h6-11,21H,5,13H2,1-4H3,(H2,28,29,32)/t21-/m1/s1. The largest absolute Gasteiger partial charge is 0.490 e. The van der Waals surface area contributed by atoms with E-state index in [0.717, 1.165) is 11.3 Å². The molecule has 2 aromatic carbocycles. The molecular formula is C24H25Cl2N3O2S. The van der Waals surface area contributed by atoms with Gasteiger partial charge in [0.05, 0.1) is 24.3 Å². The summed E-state index contributed by atoms with van der Waals surface area (Å²) < 4.78 is 11.8. The van der Waals surface area contributed by atoms with E-state index in [4.69, 9.17) is 44.9 Å². The summed E-state index contributed by atoms with van der Waals surface area (Å²) >= 11 is 17.9. The monoisotopic (exact) mass is 489 g/mol. The van der Waals surface area contributed by atoms with Crippen molar-refractivity contribution in [3.63, 3.8) is 0 Å². The Morgan fingerprint density at radius 1 is 1.09 bits per heavy atom. The zero-order valence-corrected chi connectivity index (χ0v) is 20.7. The van der Waals surface area contributed by atoms with Crippen LogP contribution in [-0.4, -0.2) is 11.7 Å². The van der Waals surface area contributed by atoms with E-state index in [1.807, 2.05) is 45.9 Å². The third-order valence-corrected chi connectivity index (χ3v) is 5.91. The Morgan fingerprint density at radius 2 is 1.78 bits per heavy atom. The quantitative estimate of drug-likeness (QED) is 0.463. The van der Waals surface area contributed by atoms with E-state index in [0.29, 0.717) is 44.4 Å². The second kappa shape index (κ2) is 9.99. The van der Waals surface area contributed by atoms with Gasteiger partial charge >= 0.3 is 0 Å². The van der Waals surface area contributed by atoms with Crippen LogP contribution in [0.2, 0.25) is 10.0 Å². The van der Waals surface area contributed by atoms with E-state index in [2.05, 4.69) is 16.7 Å². The van der Waals surface area contributed by atoms with Gasteiger partial charge in [-0.1, -0.05) is 56.1 Å². The number of hydrogen-bond donors (Lipinski definition) is 2. The third-order valence-electron chi connectivity index (χ3n) is 4.98. The van der Waals surface area contributed by atoms with Crippen LogP contribution in [0.15, 0.2) is 47.7 Å². The lowest BCUT2D eigenvalue weighted by atomic mass is 9.84. The Balaban J connectivity index is 1.96. The molecule has 2 N–H and O–H groups in total. The van der Waals surface area contributed by atoms with Crippen LogP contribution in [-0.2, 0) is 6.61 Å². The summed E-state index contributed by atoms with van der Waals surface area (Å²) in [6.07, 6.45) is 0. The molecular weight excluding hydrogens is 465 g/mol. The number of nitriles is 1. The second-order valence-corrected chi connectivity index (χ2v) is 9.53. The Hall–Kier alpha value is -2.46. The number of nitrogens with zero attached hydrogens (tertiary/aromatic N) is 1. The number of ether oxygens (including phenoxy) is 2. The van der Waals surface area contributed by atoms with Crippen molar-refractivity contribution in [1.82, 2.24) is 10.6 Å². The molecule has 0 aromatic heterocycles. The molecule has 0 bridgehead atoms. The van der Waals surface area contributed by atoms with Gasteiger partial charge in [0.15, 0.2) is 16.6 Å². The number of rotatable bonds is 6. The molecule has 1 aliphatic rings. The molecule has 0 unspecified atom stereocenters. The van der Waals surface area contributed by atoms with Crippen LogP contribution in [0.1, 0.15) is 44.9 Å². The Bertz CT molecular complexity index is 1080. The maximum atomic E-state index is 9.92. The lowest BCUT2D eigenvalue weighted by Gasteiger charge is -2.35. The van der Waals surface area contributed by atoms with Crippen molar-refractivity contribution in [2.45, 2.75) is 40.3 Å². The zero-order chi connectivity index (χ0) is 23.5. The molecule has 2 aromatic rings. The molecule has 0 radical (unpaired) electrons. The first kappa shape index (κ1) is 24.2. The van der Waals surface area contributed by atoms with Gasteiger partial charge in [0.25, 0.3) is 0 Å². The zero-order valence-electron chi connectivity index (χ0n) is 18.4. The second-order valence-electron chi connectivity index (χ2n) is 8.31. The van der Waals surface area contributed by atoms with Crippen LogP contribution in [0.4, 0.5) is 0 Å². The topological polar surface area (TPSA) is 66.3 Å². The van der Waals surface area contributed by atoms with Gasteiger partial charge in [-0.25, -0.2) is 0 Å². The minimum absolute atomic E-state index is 0.200. The molecule has 3 rings (SSSR count). The number of thiocarbonyl (C=S) groups is 1. The van der Waals surface area contributed by atoms with Crippen molar-refractivity contribution in [1.29, 1.82) is 5.26 Å². The summed E-state index contributed by atoms with van der Waals surface area (Å²) in [6, 6.07) is 12.9. The highest BCUT2D eigenvalue weighted by molar-refractivity contribution is 7.80. The number of halogens is 2. The van der Waals surface area contributed by atoms with Gasteiger partial charge in [-0.05, 0) is 49.0 Å². The maximum absolute atomic E-state index is 9.92. The first-order chi connectivity index (χ1) is 15.2. The molecule has 0 amide bonds. The van der Waals surface area contributed by atoms with Gasteiger partial charge in [0.2, 0.25) is 0 Å². The van der Waals surface area contributed by atoms with E-state index < -0.39 is 6.04 Å². The van der Waals surface area contributed by atoms with Crippen molar-refractivity contribution in [3.8, 4) is 17.6 Å². The van der Waals surface area contributed by atoms with Gasteiger partial charge in [-0.15, -0.1) is 0 Å². The lowest BCUT2D eigenvalue weighted by Crippen LogP contribution is -2.46. The molecule has 32 heavy (non-hydrogen) atoms. The van der Waals surface area contributed by atoms with Crippen molar-refractivity contribution >= 4 is 40.5 Å². The van der Waals surface area contributed by atoms with E-state index in [1.54, 1.807) is 18.2 Å². The van der Waals surface area contributed by atoms with Crippen molar-refractivity contribution in [2.24, 2.45) is 5.41 Å². The van der Waals surface area contributed by atoms with Crippen LogP contribution in [0.25, 0.3) is 0 Å². The maximum Gasteiger partial charge on any atom is 0.171 e. The molecule has 1 atom stereocenters. The highest BCUT2D eigenvalue weighted by atomic mass is 35.5. The van der Waals surface area contributed by atoms with Crippen LogP contribution in [0, 0.1) is 16.7 Å². The predicted octanol–water partition coefficient (Wildman–Crippen LogP) is 6.31. The summed E-state index contributed by atoms with van der Waals surface area (Å²) in [6.45, 7) is 8.68. The summed E-state index contributed by atoms with van der Waals surface area (Å²) in [7, 11) is 0. The van der Waals surface area contributed by atoms with Gasteiger partial charge in [0.1, 0.15) is 6.61 Å². The molecule has 0 spiro atoms. The minimum atomic E-state index is -0.394. The van der Waals surface area contributed by atoms with Gasteiger partial charge in [-0.3, -0.25) is 0 Å². The predicted molar refractivity (Wildman–Crippen MR) is 132 cm³/mol. The van der Waals surface area contributed by atoms with Crippen LogP contribution < -0.4 is 20.1 Å². The molecule has 168 valence electrons. The fourth-order valence-electron chi connectivity index (χ4n) is 3.44. The molecule has 5 nitrogen and oxygen atoms in total. The Morgan fingerprint density at radius 3 is 2.38 bits per heavy atom. The third kappa shape index (κ3) is 5.29. The van der Waals surface area contributed by atoms with E-state index in [-0.39, 0.29) is 12.0 Å². The number of allylic oxidation sites excluding steroid dienone is 1. The molecule has 1 heterocycles. The van der Waals surface area contributed by atoms with E-state index >= 15 is 0 Å². The Kier molecular flexibility index (Phi) is 7.55. The van der Waals surface area contributed by atoms with Crippen LogP contribution in [0.3, 0.4) is 0 Å². The van der Waals surface area contributed by atoms with Crippen molar-refractivity contribution in [2.75, 3.05) is 6.61 Å². The number of nitrogens with one attached hydrogen (secondary N) is 2. The molecule has 0 saturated carbocycles. The van der Waals surface area contributed by atoms with Crippen LogP contribution >= 0.6 is 35.4 Å². The van der Waals surface area contributed by atoms with E-state index in [1.165, 1.54) is 0 Å². The SMILES string of the molecule is CCOc1cc([C@H]2NC(=S)NC(C(C)(C)C)=C2C#N)ccc1OCc1c(Cl)cccc1Cl. The molecule has 0 fully saturated rings. The number of hydrogen-bond acceptors (Lipinski definition) is 4.